The number of halogens is 1. The normalized spacial score (nSPS) is 13.8. The third-order valence-electron chi connectivity index (χ3n) is 2.76. The molecule has 0 aliphatic carbocycles. The van der Waals surface area contributed by atoms with Crippen molar-refractivity contribution in [2.75, 3.05) is 5.88 Å². The summed E-state index contributed by atoms with van der Waals surface area (Å²) >= 11 is 6.08. The zero-order valence-electron chi connectivity index (χ0n) is 10.9. The van der Waals surface area contributed by atoms with Crippen LogP contribution in [-0.2, 0) is 6.42 Å². The van der Waals surface area contributed by atoms with E-state index in [1.54, 1.807) is 0 Å². The highest BCUT2D eigenvalue weighted by Crippen LogP contribution is 2.22. The van der Waals surface area contributed by atoms with Crippen molar-refractivity contribution >= 4 is 19.7 Å². The first kappa shape index (κ1) is 13.8. The van der Waals surface area contributed by atoms with Gasteiger partial charge in [0.25, 0.3) is 0 Å². The van der Waals surface area contributed by atoms with Crippen LogP contribution in [0.3, 0.4) is 0 Å². The van der Waals surface area contributed by atoms with Crippen molar-refractivity contribution in [3.63, 3.8) is 0 Å². The molecule has 0 radical (unpaired) electrons. The second-order valence-corrected chi connectivity index (χ2v) is 11.8. The van der Waals surface area contributed by atoms with Gasteiger partial charge in [0.1, 0.15) is 0 Å². The van der Waals surface area contributed by atoms with E-state index in [1.807, 2.05) is 0 Å². The fourth-order valence-corrected chi connectivity index (χ4v) is 4.53. The van der Waals surface area contributed by atoms with Crippen molar-refractivity contribution in [2.24, 2.45) is 5.92 Å². The Morgan fingerprint density at radius 2 is 1.69 bits per heavy atom. The monoisotopic (exact) mass is 254 g/mol. The summed E-state index contributed by atoms with van der Waals surface area (Å²) in [6, 6.07) is 10.2. The van der Waals surface area contributed by atoms with Crippen molar-refractivity contribution in [3.05, 3.63) is 35.4 Å². The molecule has 0 saturated heterocycles. The summed E-state index contributed by atoms with van der Waals surface area (Å²) in [4.78, 5) is 0. The third-order valence-corrected chi connectivity index (χ3v) is 5.00. The Labute approximate surface area is 106 Å². The molecule has 0 bridgehead atoms. The Kier molecular flexibility index (Phi) is 5.07. The standard InChI is InChI=1S/C14H23ClSi/c1-12-5-7-13(8-6-12)9-14(10-15)11-16(2,3)4/h5-8,14H,9-11H2,1-4H3. The molecule has 0 N–H and O–H groups in total. The summed E-state index contributed by atoms with van der Waals surface area (Å²) in [6.07, 6.45) is 1.13. The molecule has 1 rings (SSSR count). The van der Waals surface area contributed by atoms with E-state index in [0.717, 1.165) is 12.3 Å². The Balaban J connectivity index is 2.60. The van der Waals surface area contributed by atoms with Crippen LogP contribution in [0.1, 0.15) is 11.1 Å². The topological polar surface area (TPSA) is 0 Å². The Morgan fingerprint density at radius 1 is 1.12 bits per heavy atom. The lowest BCUT2D eigenvalue weighted by Crippen LogP contribution is -2.25. The molecule has 0 aliphatic rings. The van der Waals surface area contributed by atoms with Crippen LogP contribution in [0.25, 0.3) is 0 Å². The molecule has 1 atom stereocenters. The average molecular weight is 255 g/mol. The van der Waals surface area contributed by atoms with Gasteiger partial charge in [-0.2, -0.15) is 0 Å². The van der Waals surface area contributed by atoms with E-state index in [0.29, 0.717) is 5.92 Å². The Bertz CT molecular complexity index is 311. The fraction of sp³-hybridized carbons (Fsp3) is 0.571. The molecule has 0 saturated carbocycles. The minimum Gasteiger partial charge on any atom is -0.126 e. The minimum atomic E-state index is -0.990. The first-order chi connectivity index (χ1) is 7.40. The highest BCUT2D eigenvalue weighted by molar-refractivity contribution is 6.76. The molecular weight excluding hydrogens is 232 g/mol. The van der Waals surface area contributed by atoms with Gasteiger partial charge in [0, 0.05) is 14.0 Å². The molecule has 0 spiro atoms. The van der Waals surface area contributed by atoms with Crippen molar-refractivity contribution < 1.29 is 0 Å². The number of rotatable bonds is 5. The van der Waals surface area contributed by atoms with E-state index in [9.17, 15) is 0 Å². The number of hydrogen-bond donors (Lipinski definition) is 0. The van der Waals surface area contributed by atoms with Crippen LogP contribution in [0.5, 0.6) is 0 Å². The molecule has 2 heteroatoms. The lowest BCUT2D eigenvalue weighted by molar-refractivity contribution is 0.643. The molecule has 0 aromatic heterocycles. The largest absolute Gasteiger partial charge is 0.126 e. The first-order valence-electron chi connectivity index (χ1n) is 6.02. The number of benzene rings is 1. The van der Waals surface area contributed by atoms with Crippen LogP contribution in [-0.4, -0.2) is 14.0 Å². The predicted octanol–water partition coefficient (Wildman–Crippen LogP) is 4.73. The van der Waals surface area contributed by atoms with E-state index >= 15 is 0 Å². The van der Waals surface area contributed by atoms with E-state index in [-0.39, 0.29) is 0 Å². The summed E-state index contributed by atoms with van der Waals surface area (Å²) < 4.78 is 0. The summed E-state index contributed by atoms with van der Waals surface area (Å²) in [6.45, 7) is 9.38. The van der Waals surface area contributed by atoms with E-state index in [1.165, 1.54) is 17.2 Å². The van der Waals surface area contributed by atoms with Crippen LogP contribution < -0.4 is 0 Å². The van der Waals surface area contributed by atoms with E-state index in [4.69, 9.17) is 11.6 Å². The van der Waals surface area contributed by atoms with Crippen molar-refractivity contribution in [2.45, 2.75) is 39.0 Å². The maximum absolute atomic E-state index is 6.08. The fourth-order valence-electron chi connectivity index (χ4n) is 2.10. The lowest BCUT2D eigenvalue weighted by Gasteiger charge is -2.23. The van der Waals surface area contributed by atoms with Crippen LogP contribution in [0.2, 0.25) is 25.7 Å². The molecule has 0 fully saturated rings. The highest BCUT2D eigenvalue weighted by Gasteiger charge is 2.19. The maximum Gasteiger partial charge on any atom is 0.0445 e. The van der Waals surface area contributed by atoms with Crippen LogP contribution in [0.4, 0.5) is 0 Å². The molecule has 16 heavy (non-hydrogen) atoms. The van der Waals surface area contributed by atoms with E-state index in [2.05, 4.69) is 50.8 Å². The zero-order valence-corrected chi connectivity index (χ0v) is 12.6. The smallest absolute Gasteiger partial charge is 0.0445 e. The van der Waals surface area contributed by atoms with Crippen LogP contribution in [0.15, 0.2) is 24.3 Å². The summed E-state index contributed by atoms with van der Waals surface area (Å²) in [5.41, 5.74) is 2.76. The van der Waals surface area contributed by atoms with Crippen molar-refractivity contribution in [1.29, 1.82) is 0 Å². The SMILES string of the molecule is Cc1ccc(CC(CCl)C[Si](C)(C)C)cc1. The molecule has 1 unspecified atom stereocenters. The molecule has 1 aromatic rings. The molecule has 0 heterocycles. The highest BCUT2D eigenvalue weighted by atomic mass is 35.5. The second-order valence-electron chi connectivity index (χ2n) is 5.97. The molecular formula is C14H23ClSi. The van der Waals surface area contributed by atoms with E-state index < -0.39 is 8.07 Å². The third kappa shape index (κ3) is 5.18. The van der Waals surface area contributed by atoms with Gasteiger partial charge in [-0.15, -0.1) is 11.6 Å². The second kappa shape index (κ2) is 5.88. The van der Waals surface area contributed by atoms with Crippen LogP contribution in [0, 0.1) is 12.8 Å². The lowest BCUT2D eigenvalue weighted by atomic mass is 10.0. The van der Waals surface area contributed by atoms with Gasteiger partial charge < -0.3 is 0 Å². The van der Waals surface area contributed by atoms with Gasteiger partial charge in [0.2, 0.25) is 0 Å². The van der Waals surface area contributed by atoms with Crippen molar-refractivity contribution in [1.82, 2.24) is 0 Å². The zero-order chi connectivity index (χ0) is 12.2. The van der Waals surface area contributed by atoms with Gasteiger partial charge in [-0.05, 0) is 24.8 Å². The van der Waals surface area contributed by atoms with Gasteiger partial charge in [-0.1, -0.05) is 55.5 Å². The summed E-state index contributed by atoms with van der Waals surface area (Å²) in [5, 5.41) is 0. The average Bonchev–Trinajstić information content (AvgIpc) is 2.18. The van der Waals surface area contributed by atoms with Crippen molar-refractivity contribution in [3.8, 4) is 0 Å². The van der Waals surface area contributed by atoms with Gasteiger partial charge in [-0.25, -0.2) is 0 Å². The quantitative estimate of drug-likeness (QED) is 0.526. The first-order valence-corrected chi connectivity index (χ1v) is 10.3. The number of hydrogen-bond acceptors (Lipinski definition) is 0. The molecule has 1 aromatic carbocycles. The number of aryl methyl sites for hydroxylation is 1. The number of alkyl halides is 1. The maximum atomic E-state index is 6.08. The predicted molar refractivity (Wildman–Crippen MR) is 77.2 cm³/mol. The Morgan fingerprint density at radius 3 is 2.12 bits per heavy atom. The van der Waals surface area contributed by atoms with Crippen LogP contribution >= 0.6 is 11.6 Å². The summed E-state index contributed by atoms with van der Waals surface area (Å²) in [5.74, 6) is 1.44. The molecule has 90 valence electrons. The summed E-state index contributed by atoms with van der Waals surface area (Å²) in [7, 11) is -0.990. The van der Waals surface area contributed by atoms with Gasteiger partial charge in [0.15, 0.2) is 0 Å². The molecule has 0 aliphatic heterocycles. The Hall–Kier alpha value is -0.273. The minimum absolute atomic E-state index is 0.649. The van der Waals surface area contributed by atoms with Gasteiger partial charge >= 0.3 is 0 Å². The van der Waals surface area contributed by atoms with Gasteiger partial charge in [-0.3, -0.25) is 0 Å². The molecule has 0 amide bonds. The molecule has 0 nitrogen and oxygen atoms in total. The van der Waals surface area contributed by atoms with Gasteiger partial charge in [0.05, 0.1) is 0 Å².